The first-order valence-electron chi connectivity index (χ1n) is 7.62. The summed E-state index contributed by atoms with van der Waals surface area (Å²) in [7, 11) is 0. The molecular weight excluding hydrogens is 348 g/mol. The molecule has 0 aliphatic carbocycles. The second kappa shape index (κ2) is 5.67. The van der Waals surface area contributed by atoms with E-state index in [0.717, 1.165) is 0 Å². The third-order valence-corrected chi connectivity index (χ3v) is 4.63. The maximum absolute atomic E-state index is 12.0. The van der Waals surface area contributed by atoms with Crippen LogP contribution in [0.1, 0.15) is 40.7 Å². The van der Waals surface area contributed by atoms with Crippen molar-refractivity contribution in [1.29, 1.82) is 0 Å². The van der Waals surface area contributed by atoms with Crippen LogP contribution in [-0.2, 0) is 4.79 Å². The fourth-order valence-electron chi connectivity index (χ4n) is 3.21. The fourth-order valence-corrected chi connectivity index (χ4v) is 3.48. The zero-order valence-electron chi connectivity index (χ0n) is 13.2. The summed E-state index contributed by atoms with van der Waals surface area (Å²) < 4.78 is 15.9. The molecule has 7 heteroatoms. The normalized spacial score (nSPS) is 17.8. The summed E-state index contributed by atoms with van der Waals surface area (Å²) in [5, 5.41) is 10.9. The lowest BCUT2D eigenvalue weighted by Crippen LogP contribution is -2.21. The van der Waals surface area contributed by atoms with E-state index in [1.165, 1.54) is 19.1 Å². The summed E-state index contributed by atoms with van der Waals surface area (Å²) in [6, 6.07) is 6.35. The molecule has 6 nitrogen and oxygen atoms in total. The number of phenolic OH excluding ortho intramolecular Hbond substituents is 1. The van der Waals surface area contributed by atoms with Gasteiger partial charge in [-0.3, -0.25) is 9.59 Å². The molecule has 0 fully saturated rings. The van der Waals surface area contributed by atoms with E-state index in [2.05, 4.69) is 0 Å². The van der Waals surface area contributed by atoms with Crippen molar-refractivity contribution in [3.05, 3.63) is 46.0 Å². The fraction of sp³-hybridized carbons (Fsp3) is 0.222. The third-order valence-electron chi connectivity index (χ3n) is 4.35. The van der Waals surface area contributed by atoms with Crippen LogP contribution in [0.5, 0.6) is 23.0 Å². The molecule has 128 valence electrons. The number of carbonyl (C=O) groups excluding carboxylic acids is 2. The van der Waals surface area contributed by atoms with E-state index < -0.39 is 11.9 Å². The summed E-state index contributed by atoms with van der Waals surface area (Å²) in [6.45, 7) is 1.43. The van der Waals surface area contributed by atoms with E-state index in [0.29, 0.717) is 27.6 Å². The number of ketones is 1. The molecule has 2 aliphatic heterocycles. The summed E-state index contributed by atoms with van der Waals surface area (Å²) >= 11 is 6.24. The predicted octanol–water partition coefficient (Wildman–Crippen LogP) is 3.42. The van der Waals surface area contributed by atoms with Crippen molar-refractivity contribution in [3.8, 4) is 23.0 Å². The molecule has 1 unspecified atom stereocenters. The van der Waals surface area contributed by atoms with Crippen molar-refractivity contribution < 1.29 is 28.9 Å². The maximum atomic E-state index is 12.0. The molecule has 2 aromatic carbocycles. The molecule has 0 saturated heterocycles. The van der Waals surface area contributed by atoms with Crippen LogP contribution >= 0.6 is 11.6 Å². The molecule has 0 amide bonds. The molecule has 4 rings (SSSR count). The zero-order valence-corrected chi connectivity index (χ0v) is 13.9. The third kappa shape index (κ3) is 2.49. The Balaban J connectivity index is 1.90. The van der Waals surface area contributed by atoms with E-state index in [9.17, 15) is 14.7 Å². The molecule has 2 aromatic rings. The van der Waals surface area contributed by atoms with Gasteiger partial charge in [-0.1, -0.05) is 11.6 Å². The molecule has 0 spiro atoms. The van der Waals surface area contributed by atoms with Crippen LogP contribution in [-0.4, -0.2) is 23.7 Å². The minimum absolute atomic E-state index is 0.0118. The molecule has 1 atom stereocenters. The van der Waals surface area contributed by atoms with E-state index >= 15 is 0 Å². The monoisotopic (exact) mass is 360 g/mol. The van der Waals surface area contributed by atoms with Gasteiger partial charge in [-0.2, -0.15) is 0 Å². The lowest BCUT2D eigenvalue weighted by molar-refractivity contribution is -0.135. The van der Waals surface area contributed by atoms with Gasteiger partial charge in [0.2, 0.25) is 6.79 Å². The maximum Gasteiger partial charge on any atom is 0.312 e. The Morgan fingerprint density at radius 1 is 1.24 bits per heavy atom. The molecule has 1 N–H and O–H groups in total. The van der Waals surface area contributed by atoms with Gasteiger partial charge in [-0.05, 0) is 36.8 Å². The van der Waals surface area contributed by atoms with Gasteiger partial charge in [0.25, 0.3) is 0 Å². The summed E-state index contributed by atoms with van der Waals surface area (Å²) in [5.74, 6) is -0.242. The topological polar surface area (TPSA) is 82.1 Å². The van der Waals surface area contributed by atoms with Crippen molar-refractivity contribution in [3.63, 3.8) is 0 Å². The Labute approximate surface area is 147 Å². The van der Waals surface area contributed by atoms with Crippen molar-refractivity contribution in [2.24, 2.45) is 0 Å². The lowest BCUT2D eigenvalue weighted by Gasteiger charge is -2.26. The number of hydrogen-bond acceptors (Lipinski definition) is 6. The van der Waals surface area contributed by atoms with Gasteiger partial charge < -0.3 is 19.3 Å². The van der Waals surface area contributed by atoms with Gasteiger partial charge in [0.15, 0.2) is 17.3 Å². The van der Waals surface area contributed by atoms with Crippen LogP contribution in [0.3, 0.4) is 0 Å². The minimum atomic E-state index is -0.512. The number of phenols is 1. The van der Waals surface area contributed by atoms with Crippen molar-refractivity contribution in [2.45, 2.75) is 19.3 Å². The Morgan fingerprint density at radius 2 is 2.04 bits per heavy atom. The lowest BCUT2D eigenvalue weighted by atomic mass is 9.84. The van der Waals surface area contributed by atoms with Crippen LogP contribution in [0.15, 0.2) is 24.3 Å². The quantitative estimate of drug-likeness (QED) is 0.502. The first kappa shape index (κ1) is 15.8. The summed E-state index contributed by atoms with van der Waals surface area (Å²) in [6.07, 6.45) is 0.0118. The average molecular weight is 361 g/mol. The predicted molar refractivity (Wildman–Crippen MR) is 87.8 cm³/mol. The molecule has 2 heterocycles. The first-order chi connectivity index (χ1) is 12.0. The first-order valence-corrected chi connectivity index (χ1v) is 8.00. The molecular formula is C18H13ClO6. The van der Waals surface area contributed by atoms with Crippen LogP contribution in [0.25, 0.3) is 0 Å². The van der Waals surface area contributed by atoms with Crippen LogP contribution in [0, 0.1) is 0 Å². The second-order valence-electron chi connectivity index (χ2n) is 5.90. The van der Waals surface area contributed by atoms with Gasteiger partial charge in [0, 0.05) is 11.5 Å². The minimum Gasteiger partial charge on any atom is -0.507 e. The Morgan fingerprint density at radius 3 is 2.80 bits per heavy atom. The number of hydrogen-bond donors (Lipinski definition) is 1. The van der Waals surface area contributed by atoms with Crippen molar-refractivity contribution >= 4 is 23.4 Å². The van der Waals surface area contributed by atoms with E-state index in [4.69, 9.17) is 25.8 Å². The smallest absolute Gasteiger partial charge is 0.312 e. The number of halogens is 1. The number of rotatable bonds is 2. The van der Waals surface area contributed by atoms with E-state index in [1.807, 2.05) is 0 Å². The van der Waals surface area contributed by atoms with Gasteiger partial charge in [-0.25, -0.2) is 0 Å². The van der Waals surface area contributed by atoms with Crippen LogP contribution in [0.2, 0.25) is 5.02 Å². The average Bonchev–Trinajstić information content (AvgIpc) is 3.03. The van der Waals surface area contributed by atoms with Crippen molar-refractivity contribution in [2.75, 3.05) is 6.79 Å². The second-order valence-corrected chi connectivity index (χ2v) is 6.30. The van der Waals surface area contributed by atoms with Gasteiger partial charge in [-0.15, -0.1) is 0 Å². The Bertz CT molecular complexity index is 920. The molecule has 0 saturated carbocycles. The number of benzene rings is 2. The number of Topliss-reactive ketones (excluding diaryl/α,β-unsaturated/α-hetero) is 1. The van der Waals surface area contributed by atoms with E-state index in [-0.39, 0.29) is 36.1 Å². The van der Waals surface area contributed by atoms with E-state index in [1.54, 1.807) is 12.1 Å². The molecule has 25 heavy (non-hydrogen) atoms. The SMILES string of the molecule is CC(=O)c1ccc2c(c1O)C(c1cc(Cl)c3c(c1)OCO3)CC(=O)O2. The largest absolute Gasteiger partial charge is 0.507 e. The van der Waals surface area contributed by atoms with Crippen LogP contribution < -0.4 is 14.2 Å². The Kier molecular flexibility index (Phi) is 3.58. The van der Waals surface area contributed by atoms with Crippen molar-refractivity contribution in [1.82, 2.24) is 0 Å². The highest BCUT2D eigenvalue weighted by molar-refractivity contribution is 6.32. The number of fused-ring (bicyclic) bond motifs is 2. The number of carbonyl (C=O) groups is 2. The zero-order chi connectivity index (χ0) is 17.7. The van der Waals surface area contributed by atoms with Gasteiger partial charge in [0.05, 0.1) is 17.0 Å². The summed E-state index contributed by atoms with van der Waals surface area (Å²) in [4.78, 5) is 23.7. The molecule has 2 aliphatic rings. The summed E-state index contributed by atoms with van der Waals surface area (Å²) in [5.41, 5.74) is 1.24. The number of aromatic hydroxyl groups is 1. The highest BCUT2D eigenvalue weighted by Gasteiger charge is 2.34. The van der Waals surface area contributed by atoms with Crippen LogP contribution in [0.4, 0.5) is 0 Å². The molecule has 0 aromatic heterocycles. The molecule has 0 radical (unpaired) electrons. The van der Waals surface area contributed by atoms with Gasteiger partial charge >= 0.3 is 5.97 Å². The highest BCUT2D eigenvalue weighted by Crippen LogP contribution is 2.48. The number of ether oxygens (including phenoxy) is 3. The molecule has 0 bridgehead atoms. The highest BCUT2D eigenvalue weighted by atomic mass is 35.5. The number of esters is 1. The standard InChI is InChI=1S/C18H13ClO6/c1-8(20)10-2-3-13-16(17(10)22)11(6-15(21)25-13)9-4-12(19)18-14(5-9)23-7-24-18/h2-5,11,22H,6-7H2,1H3. The van der Waals surface area contributed by atoms with Gasteiger partial charge in [0.1, 0.15) is 11.5 Å². The Hall–Kier alpha value is -2.73.